The van der Waals surface area contributed by atoms with Crippen molar-refractivity contribution in [2.24, 2.45) is 0 Å². The van der Waals surface area contributed by atoms with Crippen LogP contribution in [0.25, 0.3) is 0 Å². The minimum absolute atomic E-state index is 0.00268. The van der Waals surface area contributed by atoms with E-state index in [0.29, 0.717) is 5.69 Å². The minimum atomic E-state index is -2.90. The molecule has 3 nitrogen and oxygen atoms in total. The number of halogens is 3. The third-order valence-electron chi connectivity index (χ3n) is 2.67. The fourth-order valence-corrected chi connectivity index (χ4v) is 1.74. The molecular weight excluding hydrogens is 283 g/mol. The van der Waals surface area contributed by atoms with Gasteiger partial charge in [0.25, 0.3) is 0 Å². The monoisotopic (exact) mass is 295 g/mol. The molecule has 21 heavy (non-hydrogen) atoms. The lowest BCUT2D eigenvalue weighted by molar-refractivity contribution is -0.115. The zero-order valence-corrected chi connectivity index (χ0v) is 10.9. The Morgan fingerprint density at radius 3 is 2.38 bits per heavy atom. The topological polar surface area (TPSA) is 38.3 Å². The zero-order chi connectivity index (χ0) is 15.2. The molecule has 0 atom stereocenters. The summed E-state index contributed by atoms with van der Waals surface area (Å²) in [4.78, 5) is 11.8. The summed E-state index contributed by atoms with van der Waals surface area (Å²) in [6.07, 6.45) is -0.109. The maximum Gasteiger partial charge on any atom is 0.387 e. The molecular formula is C15H12F3NO2. The molecule has 2 aromatic carbocycles. The zero-order valence-electron chi connectivity index (χ0n) is 10.9. The molecule has 0 aliphatic carbocycles. The van der Waals surface area contributed by atoms with Crippen molar-refractivity contribution in [2.75, 3.05) is 5.32 Å². The highest BCUT2D eigenvalue weighted by Gasteiger charge is 2.08. The van der Waals surface area contributed by atoms with Crippen molar-refractivity contribution in [1.29, 1.82) is 0 Å². The smallest absolute Gasteiger partial charge is 0.387 e. The molecule has 2 rings (SSSR count). The molecule has 0 aliphatic heterocycles. The van der Waals surface area contributed by atoms with Gasteiger partial charge in [-0.3, -0.25) is 4.79 Å². The van der Waals surface area contributed by atoms with E-state index in [4.69, 9.17) is 0 Å². The summed E-state index contributed by atoms with van der Waals surface area (Å²) in [6.45, 7) is -2.90. The number of carbonyl (C=O) groups excluding carboxylic acids is 1. The number of alkyl halides is 2. The summed E-state index contributed by atoms with van der Waals surface area (Å²) in [6, 6.07) is 11.5. The Balaban J connectivity index is 1.95. The molecule has 1 N–H and O–H groups in total. The lowest BCUT2D eigenvalue weighted by Gasteiger charge is -2.08. The van der Waals surface area contributed by atoms with E-state index in [0.717, 1.165) is 0 Å². The second kappa shape index (κ2) is 6.78. The van der Waals surface area contributed by atoms with E-state index in [2.05, 4.69) is 10.1 Å². The summed E-state index contributed by atoms with van der Waals surface area (Å²) in [7, 11) is 0. The van der Waals surface area contributed by atoms with Gasteiger partial charge in [-0.15, -0.1) is 0 Å². The Hall–Kier alpha value is -2.50. The van der Waals surface area contributed by atoms with Crippen LogP contribution in [-0.2, 0) is 11.2 Å². The van der Waals surface area contributed by atoms with E-state index in [9.17, 15) is 18.0 Å². The van der Waals surface area contributed by atoms with Crippen LogP contribution in [-0.4, -0.2) is 12.5 Å². The molecule has 110 valence electrons. The number of amides is 1. The summed E-state index contributed by atoms with van der Waals surface area (Å²) in [5.74, 6) is -0.854. The van der Waals surface area contributed by atoms with Gasteiger partial charge in [-0.1, -0.05) is 18.2 Å². The predicted octanol–water partition coefficient (Wildman–Crippen LogP) is 3.61. The van der Waals surface area contributed by atoms with E-state index >= 15 is 0 Å². The van der Waals surface area contributed by atoms with Crippen molar-refractivity contribution in [3.63, 3.8) is 0 Å². The van der Waals surface area contributed by atoms with Crippen LogP contribution in [0.2, 0.25) is 0 Å². The number of hydrogen-bond acceptors (Lipinski definition) is 2. The predicted molar refractivity (Wildman–Crippen MR) is 71.8 cm³/mol. The number of hydrogen-bond donors (Lipinski definition) is 1. The van der Waals surface area contributed by atoms with Gasteiger partial charge in [-0.05, 0) is 35.9 Å². The number of nitrogens with one attached hydrogen (secondary N) is 1. The fraction of sp³-hybridized carbons (Fsp3) is 0.133. The first-order valence-corrected chi connectivity index (χ1v) is 6.13. The number of benzene rings is 2. The van der Waals surface area contributed by atoms with Gasteiger partial charge >= 0.3 is 6.61 Å². The molecule has 0 bridgehead atoms. The molecule has 0 aliphatic rings. The van der Waals surface area contributed by atoms with E-state index in [1.165, 1.54) is 36.4 Å². The Labute approximate surface area is 119 Å². The van der Waals surface area contributed by atoms with Crippen LogP contribution in [0.3, 0.4) is 0 Å². The lowest BCUT2D eigenvalue weighted by atomic mass is 10.1. The second-order valence-corrected chi connectivity index (χ2v) is 4.22. The molecule has 0 radical (unpaired) electrons. The molecule has 6 heteroatoms. The Morgan fingerprint density at radius 1 is 1.10 bits per heavy atom. The standard InChI is InChI=1S/C15H12F3NO2/c16-13-4-2-1-3-10(13)9-14(20)19-11-5-7-12(8-6-11)21-15(17)18/h1-8,15H,9H2,(H,19,20). The number of rotatable bonds is 5. The van der Waals surface area contributed by atoms with Gasteiger partial charge in [0, 0.05) is 5.69 Å². The normalized spacial score (nSPS) is 10.5. The van der Waals surface area contributed by atoms with Crippen LogP contribution in [0.15, 0.2) is 48.5 Å². The molecule has 0 heterocycles. The maximum absolute atomic E-state index is 13.4. The van der Waals surface area contributed by atoms with E-state index in [-0.39, 0.29) is 17.7 Å². The number of ether oxygens (including phenoxy) is 1. The average molecular weight is 295 g/mol. The van der Waals surface area contributed by atoms with Gasteiger partial charge in [0.15, 0.2) is 0 Å². The van der Waals surface area contributed by atoms with Crippen molar-refractivity contribution in [1.82, 2.24) is 0 Å². The van der Waals surface area contributed by atoms with Gasteiger partial charge in [-0.2, -0.15) is 8.78 Å². The van der Waals surface area contributed by atoms with E-state index in [1.807, 2.05) is 0 Å². The van der Waals surface area contributed by atoms with Crippen LogP contribution < -0.4 is 10.1 Å². The summed E-state index contributed by atoms with van der Waals surface area (Å²) < 4.78 is 41.6. The second-order valence-electron chi connectivity index (χ2n) is 4.22. The molecule has 0 spiro atoms. The van der Waals surface area contributed by atoms with Crippen LogP contribution in [0.1, 0.15) is 5.56 Å². The van der Waals surface area contributed by atoms with Gasteiger partial charge in [0.1, 0.15) is 11.6 Å². The molecule has 0 aromatic heterocycles. The minimum Gasteiger partial charge on any atom is -0.435 e. The summed E-state index contributed by atoms with van der Waals surface area (Å²) in [5.41, 5.74) is 0.700. The van der Waals surface area contributed by atoms with Crippen molar-refractivity contribution in [3.05, 3.63) is 59.9 Å². The van der Waals surface area contributed by atoms with Crippen molar-refractivity contribution in [3.8, 4) is 5.75 Å². The summed E-state index contributed by atoms with van der Waals surface area (Å²) in [5, 5.41) is 2.55. The lowest BCUT2D eigenvalue weighted by Crippen LogP contribution is -2.15. The van der Waals surface area contributed by atoms with Crippen molar-refractivity contribution in [2.45, 2.75) is 13.0 Å². The van der Waals surface area contributed by atoms with E-state index in [1.54, 1.807) is 12.1 Å². The molecule has 0 unspecified atom stereocenters. The van der Waals surface area contributed by atoms with Crippen molar-refractivity contribution >= 4 is 11.6 Å². The SMILES string of the molecule is O=C(Cc1ccccc1F)Nc1ccc(OC(F)F)cc1. The Bertz CT molecular complexity index is 615. The van der Waals surface area contributed by atoms with Gasteiger partial charge < -0.3 is 10.1 Å². The first-order chi connectivity index (χ1) is 10.0. The fourth-order valence-electron chi connectivity index (χ4n) is 1.74. The molecule has 1 amide bonds. The largest absolute Gasteiger partial charge is 0.435 e. The Morgan fingerprint density at radius 2 is 1.76 bits per heavy atom. The Kier molecular flexibility index (Phi) is 4.81. The molecule has 0 fully saturated rings. The van der Waals surface area contributed by atoms with Gasteiger partial charge in [-0.25, -0.2) is 4.39 Å². The average Bonchev–Trinajstić information content (AvgIpc) is 2.43. The first-order valence-electron chi connectivity index (χ1n) is 6.13. The van der Waals surface area contributed by atoms with E-state index < -0.39 is 18.3 Å². The third-order valence-corrected chi connectivity index (χ3v) is 2.67. The number of anilines is 1. The summed E-state index contributed by atoms with van der Waals surface area (Å²) >= 11 is 0. The maximum atomic E-state index is 13.4. The third kappa shape index (κ3) is 4.52. The molecule has 0 saturated carbocycles. The van der Waals surface area contributed by atoms with Crippen LogP contribution >= 0.6 is 0 Å². The highest BCUT2D eigenvalue weighted by molar-refractivity contribution is 5.92. The highest BCUT2D eigenvalue weighted by atomic mass is 19.3. The number of carbonyl (C=O) groups is 1. The van der Waals surface area contributed by atoms with Crippen molar-refractivity contribution < 1.29 is 22.7 Å². The van der Waals surface area contributed by atoms with Crippen LogP contribution in [0, 0.1) is 5.82 Å². The molecule has 2 aromatic rings. The quantitative estimate of drug-likeness (QED) is 0.915. The van der Waals surface area contributed by atoms with Crippen LogP contribution in [0.5, 0.6) is 5.75 Å². The van der Waals surface area contributed by atoms with Crippen LogP contribution in [0.4, 0.5) is 18.9 Å². The first kappa shape index (κ1) is 14.9. The van der Waals surface area contributed by atoms with Gasteiger partial charge in [0.05, 0.1) is 6.42 Å². The van der Waals surface area contributed by atoms with Gasteiger partial charge in [0.2, 0.25) is 5.91 Å². The molecule has 0 saturated heterocycles. The highest BCUT2D eigenvalue weighted by Crippen LogP contribution is 2.18.